The van der Waals surface area contributed by atoms with Crippen molar-refractivity contribution in [3.8, 4) is 5.75 Å². The molecule has 132 valence electrons. The third kappa shape index (κ3) is 5.46. The van der Waals surface area contributed by atoms with Gasteiger partial charge in [0, 0.05) is 5.69 Å². The zero-order valence-corrected chi connectivity index (χ0v) is 15.4. The molecule has 1 unspecified atom stereocenters. The van der Waals surface area contributed by atoms with Gasteiger partial charge in [0.25, 0.3) is 0 Å². The van der Waals surface area contributed by atoms with E-state index < -0.39 is 0 Å². The molecule has 2 aromatic rings. The van der Waals surface area contributed by atoms with Crippen LogP contribution in [0.15, 0.2) is 48.5 Å². The summed E-state index contributed by atoms with van der Waals surface area (Å²) in [6.45, 7) is 4.14. The molecule has 0 amide bonds. The van der Waals surface area contributed by atoms with E-state index in [2.05, 4.69) is 10.6 Å². The van der Waals surface area contributed by atoms with Crippen molar-refractivity contribution in [1.82, 2.24) is 5.32 Å². The van der Waals surface area contributed by atoms with Crippen LogP contribution in [0.3, 0.4) is 0 Å². The Bertz CT molecular complexity index is 732. The van der Waals surface area contributed by atoms with Crippen molar-refractivity contribution >= 4 is 29.0 Å². The summed E-state index contributed by atoms with van der Waals surface area (Å²) < 4.78 is 10.2. The van der Waals surface area contributed by atoms with Crippen molar-refractivity contribution in [3.63, 3.8) is 0 Å². The number of hydrogen-bond acceptors (Lipinski definition) is 4. The van der Waals surface area contributed by atoms with Crippen LogP contribution in [-0.4, -0.2) is 24.8 Å². The van der Waals surface area contributed by atoms with Gasteiger partial charge in [-0.25, -0.2) is 4.79 Å². The fraction of sp³-hybridized carbons (Fsp3) is 0.263. The van der Waals surface area contributed by atoms with Crippen molar-refractivity contribution in [2.75, 3.05) is 19.0 Å². The maximum atomic E-state index is 11.8. The number of hydrogen-bond donors (Lipinski definition) is 2. The van der Waals surface area contributed by atoms with E-state index in [-0.39, 0.29) is 12.0 Å². The van der Waals surface area contributed by atoms with Gasteiger partial charge in [-0.1, -0.05) is 18.2 Å². The Hall–Kier alpha value is -2.60. The predicted octanol–water partition coefficient (Wildman–Crippen LogP) is 3.92. The van der Waals surface area contributed by atoms with Gasteiger partial charge < -0.3 is 20.1 Å². The first-order chi connectivity index (χ1) is 12.0. The molecule has 0 bridgehead atoms. The summed E-state index contributed by atoms with van der Waals surface area (Å²) in [4.78, 5) is 11.8. The van der Waals surface area contributed by atoms with Gasteiger partial charge >= 0.3 is 5.97 Å². The SMILES string of the molecule is CCOC(=O)c1cccc(NC(=S)NC(C)c2ccc(OC)cc2)c1. The van der Waals surface area contributed by atoms with Gasteiger partial charge in [0.15, 0.2) is 5.11 Å². The Labute approximate surface area is 153 Å². The van der Waals surface area contributed by atoms with Crippen LogP contribution in [0.1, 0.15) is 35.8 Å². The highest BCUT2D eigenvalue weighted by Gasteiger charge is 2.10. The molecule has 0 aliphatic rings. The Morgan fingerprint density at radius 2 is 1.92 bits per heavy atom. The topological polar surface area (TPSA) is 59.6 Å². The molecule has 0 fully saturated rings. The number of carbonyl (C=O) groups excluding carboxylic acids is 1. The highest BCUT2D eigenvalue weighted by Crippen LogP contribution is 2.18. The van der Waals surface area contributed by atoms with E-state index in [1.807, 2.05) is 37.3 Å². The molecule has 0 saturated heterocycles. The van der Waals surface area contributed by atoms with E-state index in [1.54, 1.807) is 32.2 Å². The quantitative estimate of drug-likeness (QED) is 0.603. The number of anilines is 1. The molecular formula is C19H22N2O3S. The minimum Gasteiger partial charge on any atom is -0.497 e. The minimum absolute atomic E-state index is 0.0270. The van der Waals surface area contributed by atoms with E-state index in [4.69, 9.17) is 21.7 Å². The number of benzene rings is 2. The standard InChI is InChI=1S/C19H22N2O3S/c1-4-24-18(22)15-6-5-7-16(12-15)21-19(25)20-13(2)14-8-10-17(23-3)11-9-14/h5-13H,4H2,1-3H3,(H2,20,21,25). The van der Waals surface area contributed by atoms with Gasteiger partial charge in [0.05, 0.1) is 25.3 Å². The van der Waals surface area contributed by atoms with Crippen molar-refractivity contribution in [2.24, 2.45) is 0 Å². The van der Waals surface area contributed by atoms with Gasteiger partial charge in [-0.15, -0.1) is 0 Å². The van der Waals surface area contributed by atoms with E-state index in [9.17, 15) is 4.79 Å². The molecule has 2 N–H and O–H groups in total. The summed E-state index contributed by atoms with van der Waals surface area (Å²) in [5.41, 5.74) is 2.30. The highest BCUT2D eigenvalue weighted by atomic mass is 32.1. The molecule has 0 saturated carbocycles. The summed E-state index contributed by atoms with van der Waals surface area (Å²) in [7, 11) is 1.64. The molecule has 0 heterocycles. The van der Waals surface area contributed by atoms with Gasteiger partial charge in [0.2, 0.25) is 0 Å². The van der Waals surface area contributed by atoms with Crippen molar-refractivity contribution < 1.29 is 14.3 Å². The van der Waals surface area contributed by atoms with Crippen molar-refractivity contribution in [1.29, 1.82) is 0 Å². The molecule has 0 spiro atoms. The average Bonchev–Trinajstić information content (AvgIpc) is 2.62. The Kier molecular flexibility index (Phi) is 6.77. The molecule has 0 radical (unpaired) electrons. The average molecular weight is 358 g/mol. The lowest BCUT2D eigenvalue weighted by Gasteiger charge is -2.18. The number of ether oxygens (including phenoxy) is 2. The molecule has 0 aliphatic heterocycles. The largest absolute Gasteiger partial charge is 0.497 e. The normalized spacial score (nSPS) is 11.3. The summed E-state index contributed by atoms with van der Waals surface area (Å²) in [6.07, 6.45) is 0. The predicted molar refractivity (Wildman–Crippen MR) is 103 cm³/mol. The van der Waals surface area contributed by atoms with Gasteiger partial charge in [-0.05, 0) is 62.0 Å². The van der Waals surface area contributed by atoms with Crippen LogP contribution in [0.2, 0.25) is 0 Å². The number of thiocarbonyl (C=S) groups is 1. The lowest BCUT2D eigenvalue weighted by Crippen LogP contribution is -2.30. The fourth-order valence-corrected chi connectivity index (χ4v) is 2.57. The molecule has 0 aliphatic carbocycles. The molecule has 2 rings (SSSR count). The first kappa shape index (κ1) is 18.7. The maximum Gasteiger partial charge on any atom is 0.338 e. The van der Waals surface area contributed by atoms with Crippen LogP contribution in [0.25, 0.3) is 0 Å². The fourth-order valence-electron chi connectivity index (χ4n) is 2.28. The van der Waals surface area contributed by atoms with E-state index in [0.29, 0.717) is 17.3 Å². The monoisotopic (exact) mass is 358 g/mol. The smallest absolute Gasteiger partial charge is 0.338 e. The van der Waals surface area contributed by atoms with Gasteiger partial charge in [0.1, 0.15) is 5.75 Å². The minimum atomic E-state index is -0.350. The third-order valence-corrected chi connectivity index (χ3v) is 3.81. The number of esters is 1. The molecule has 5 nitrogen and oxygen atoms in total. The molecule has 1 atom stereocenters. The summed E-state index contributed by atoms with van der Waals surface area (Å²) in [5.74, 6) is 0.462. The van der Waals surface area contributed by atoms with Gasteiger partial charge in [-0.3, -0.25) is 0 Å². The van der Waals surface area contributed by atoms with Crippen LogP contribution < -0.4 is 15.4 Å². The van der Waals surface area contributed by atoms with E-state index in [0.717, 1.165) is 17.0 Å². The van der Waals surface area contributed by atoms with E-state index in [1.165, 1.54) is 0 Å². The molecule has 0 aromatic heterocycles. The van der Waals surface area contributed by atoms with Crippen molar-refractivity contribution in [3.05, 3.63) is 59.7 Å². The van der Waals surface area contributed by atoms with Crippen LogP contribution in [-0.2, 0) is 4.74 Å². The van der Waals surface area contributed by atoms with Crippen molar-refractivity contribution in [2.45, 2.75) is 19.9 Å². The van der Waals surface area contributed by atoms with Crippen LogP contribution >= 0.6 is 12.2 Å². The molecule has 2 aromatic carbocycles. The Balaban J connectivity index is 1.97. The molecular weight excluding hydrogens is 336 g/mol. The lowest BCUT2D eigenvalue weighted by atomic mass is 10.1. The highest BCUT2D eigenvalue weighted by molar-refractivity contribution is 7.80. The molecule has 25 heavy (non-hydrogen) atoms. The second kappa shape index (κ2) is 9.03. The number of methoxy groups -OCH3 is 1. The molecule has 6 heteroatoms. The second-order valence-corrected chi connectivity index (χ2v) is 5.80. The Morgan fingerprint density at radius 1 is 1.20 bits per heavy atom. The lowest BCUT2D eigenvalue weighted by molar-refractivity contribution is 0.0526. The van der Waals surface area contributed by atoms with Gasteiger partial charge in [-0.2, -0.15) is 0 Å². The zero-order valence-electron chi connectivity index (χ0n) is 14.5. The maximum absolute atomic E-state index is 11.8. The first-order valence-corrected chi connectivity index (χ1v) is 8.43. The van der Waals surface area contributed by atoms with Crippen LogP contribution in [0.4, 0.5) is 5.69 Å². The summed E-state index contributed by atoms with van der Waals surface area (Å²) >= 11 is 5.36. The number of rotatable bonds is 6. The van der Waals surface area contributed by atoms with Crippen LogP contribution in [0.5, 0.6) is 5.75 Å². The first-order valence-electron chi connectivity index (χ1n) is 8.02. The third-order valence-electron chi connectivity index (χ3n) is 3.59. The Morgan fingerprint density at radius 3 is 2.56 bits per heavy atom. The summed E-state index contributed by atoms with van der Waals surface area (Å²) in [6, 6.07) is 14.9. The number of nitrogens with one attached hydrogen (secondary N) is 2. The van der Waals surface area contributed by atoms with E-state index >= 15 is 0 Å². The zero-order chi connectivity index (χ0) is 18.2. The second-order valence-electron chi connectivity index (χ2n) is 5.39. The summed E-state index contributed by atoms with van der Waals surface area (Å²) in [5, 5.41) is 6.79. The van der Waals surface area contributed by atoms with Crippen LogP contribution in [0, 0.1) is 0 Å². The number of carbonyl (C=O) groups is 1.